The molecule has 1 aromatic rings. The first-order chi connectivity index (χ1) is 8.67. The standard InChI is InChI=1S/C13H18INO3/c1-2-15(7-9-16)8-10-18-13(17)11-3-5-12(14)6-4-11/h3-6,16H,2,7-10H2,1H3. The predicted molar refractivity (Wildman–Crippen MR) is 78.6 cm³/mol. The lowest BCUT2D eigenvalue weighted by Crippen LogP contribution is -2.30. The molecule has 0 saturated heterocycles. The van der Waals surface area contributed by atoms with E-state index < -0.39 is 0 Å². The van der Waals surface area contributed by atoms with Gasteiger partial charge in [-0.25, -0.2) is 4.79 Å². The van der Waals surface area contributed by atoms with E-state index in [2.05, 4.69) is 22.6 Å². The lowest BCUT2D eigenvalue weighted by Gasteiger charge is -2.18. The van der Waals surface area contributed by atoms with Crippen molar-refractivity contribution in [3.05, 3.63) is 33.4 Å². The van der Waals surface area contributed by atoms with E-state index in [-0.39, 0.29) is 12.6 Å². The first kappa shape index (κ1) is 15.4. The van der Waals surface area contributed by atoms with Gasteiger partial charge in [0, 0.05) is 16.7 Å². The average Bonchev–Trinajstić information content (AvgIpc) is 2.38. The molecule has 1 rings (SSSR count). The molecule has 0 aliphatic heterocycles. The van der Waals surface area contributed by atoms with Crippen molar-refractivity contribution in [1.29, 1.82) is 0 Å². The van der Waals surface area contributed by atoms with Crippen LogP contribution in [0, 0.1) is 3.57 Å². The molecule has 1 aromatic carbocycles. The number of rotatable bonds is 7. The number of hydrogen-bond donors (Lipinski definition) is 1. The second-order valence-electron chi connectivity index (χ2n) is 3.80. The van der Waals surface area contributed by atoms with Gasteiger partial charge in [-0.15, -0.1) is 0 Å². The molecule has 0 fully saturated rings. The Morgan fingerprint density at radius 1 is 1.33 bits per heavy atom. The first-order valence-electron chi connectivity index (χ1n) is 5.93. The van der Waals surface area contributed by atoms with Gasteiger partial charge < -0.3 is 9.84 Å². The number of likely N-dealkylation sites (N-methyl/N-ethyl adjacent to an activating group) is 1. The molecule has 0 aliphatic rings. The third-order valence-electron chi connectivity index (χ3n) is 2.58. The monoisotopic (exact) mass is 363 g/mol. The van der Waals surface area contributed by atoms with Crippen LogP contribution in [0.3, 0.4) is 0 Å². The van der Waals surface area contributed by atoms with Gasteiger partial charge in [0.2, 0.25) is 0 Å². The molecule has 0 aromatic heterocycles. The van der Waals surface area contributed by atoms with Crippen molar-refractivity contribution in [2.45, 2.75) is 6.92 Å². The summed E-state index contributed by atoms with van der Waals surface area (Å²) in [4.78, 5) is 13.7. The minimum atomic E-state index is -0.300. The van der Waals surface area contributed by atoms with E-state index in [0.29, 0.717) is 25.3 Å². The van der Waals surface area contributed by atoms with Gasteiger partial charge in [-0.3, -0.25) is 4.90 Å². The number of nitrogens with zero attached hydrogens (tertiary/aromatic N) is 1. The fraction of sp³-hybridized carbons (Fsp3) is 0.462. The van der Waals surface area contributed by atoms with Crippen LogP contribution in [-0.2, 0) is 4.74 Å². The number of benzene rings is 1. The highest BCUT2D eigenvalue weighted by molar-refractivity contribution is 14.1. The third-order valence-corrected chi connectivity index (χ3v) is 3.30. The van der Waals surface area contributed by atoms with Gasteiger partial charge >= 0.3 is 5.97 Å². The zero-order valence-electron chi connectivity index (χ0n) is 10.4. The second-order valence-corrected chi connectivity index (χ2v) is 5.05. The fourth-order valence-corrected chi connectivity index (χ4v) is 1.87. The van der Waals surface area contributed by atoms with Crippen LogP contribution in [-0.4, -0.2) is 48.8 Å². The Bertz CT molecular complexity index is 367. The highest BCUT2D eigenvalue weighted by Gasteiger charge is 2.07. The molecular formula is C13H18INO3. The van der Waals surface area contributed by atoms with Crippen LogP contribution < -0.4 is 0 Å². The topological polar surface area (TPSA) is 49.8 Å². The lowest BCUT2D eigenvalue weighted by atomic mass is 10.2. The van der Waals surface area contributed by atoms with E-state index >= 15 is 0 Å². The van der Waals surface area contributed by atoms with Crippen molar-refractivity contribution in [3.8, 4) is 0 Å². The van der Waals surface area contributed by atoms with E-state index in [1.165, 1.54) is 0 Å². The van der Waals surface area contributed by atoms with E-state index in [4.69, 9.17) is 9.84 Å². The Kier molecular flexibility index (Phi) is 7.22. The Morgan fingerprint density at radius 3 is 2.56 bits per heavy atom. The van der Waals surface area contributed by atoms with E-state index in [1.54, 1.807) is 12.1 Å². The summed E-state index contributed by atoms with van der Waals surface area (Å²) in [5.41, 5.74) is 0.570. The molecule has 0 radical (unpaired) electrons. The summed E-state index contributed by atoms with van der Waals surface area (Å²) < 4.78 is 6.27. The second kappa shape index (κ2) is 8.44. The molecule has 0 bridgehead atoms. The number of hydrogen-bond acceptors (Lipinski definition) is 4. The van der Waals surface area contributed by atoms with Crippen molar-refractivity contribution in [2.75, 3.05) is 32.8 Å². The largest absolute Gasteiger partial charge is 0.461 e. The van der Waals surface area contributed by atoms with Crippen molar-refractivity contribution < 1.29 is 14.6 Å². The normalized spacial score (nSPS) is 10.7. The number of ether oxygens (including phenoxy) is 1. The molecule has 100 valence electrons. The van der Waals surface area contributed by atoms with Crippen molar-refractivity contribution in [3.63, 3.8) is 0 Å². The fourth-order valence-electron chi connectivity index (χ4n) is 1.51. The van der Waals surface area contributed by atoms with Crippen LogP contribution in [0.25, 0.3) is 0 Å². The summed E-state index contributed by atoms with van der Waals surface area (Å²) in [6.07, 6.45) is 0. The molecule has 4 nitrogen and oxygen atoms in total. The molecule has 0 amide bonds. The van der Waals surface area contributed by atoms with Crippen molar-refractivity contribution in [2.24, 2.45) is 0 Å². The van der Waals surface area contributed by atoms with Gasteiger partial charge in [0.05, 0.1) is 12.2 Å². The van der Waals surface area contributed by atoms with Crippen LogP contribution in [0.15, 0.2) is 24.3 Å². The number of halogens is 1. The van der Waals surface area contributed by atoms with Gasteiger partial charge in [0.1, 0.15) is 6.61 Å². The molecular weight excluding hydrogens is 345 g/mol. The third kappa shape index (κ3) is 5.32. The highest BCUT2D eigenvalue weighted by atomic mass is 127. The summed E-state index contributed by atoms with van der Waals surface area (Å²) >= 11 is 2.19. The summed E-state index contributed by atoms with van der Waals surface area (Å²) in [6.45, 7) is 4.57. The number of carbonyl (C=O) groups is 1. The number of aliphatic hydroxyl groups is 1. The number of aliphatic hydroxyl groups excluding tert-OH is 1. The predicted octanol–water partition coefficient (Wildman–Crippen LogP) is 1.76. The molecule has 0 spiro atoms. The van der Waals surface area contributed by atoms with Crippen LogP contribution in [0.1, 0.15) is 17.3 Å². The van der Waals surface area contributed by atoms with Gasteiger partial charge in [0.25, 0.3) is 0 Å². The SMILES string of the molecule is CCN(CCO)CCOC(=O)c1ccc(I)cc1. The minimum absolute atomic E-state index is 0.124. The van der Waals surface area contributed by atoms with Crippen LogP contribution in [0.4, 0.5) is 0 Å². The Labute approximate surface area is 121 Å². The van der Waals surface area contributed by atoms with E-state index in [0.717, 1.165) is 10.1 Å². The first-order valence-corrected chi connectivity index (χ1v) is 7.01. The van der Waals surface area contributed by atoms with Crippen LogP contribution in [0.2, 0.25) is 0 Å². The van der Waals surface area contributed by atoms with Crippen molar-refractivity contribution in [1.82, 2.24) is 4.90 Å². The maximum absolute atomic E-state index is 11.7. The van der Waals surface area contributed by atoms with Gasteiger partial charge in [0.15, 0.2) is 0 Å². The summed E-state index contributed by atoms with van der Waals surface area (Å²) in [5, 5.41) is 8.83. The lowest BCUT2D eigenvalue weighted by molar-refractivity contribution is 0.0456. The molecule has 0 saturated carbocycles. The number of esters is 1. The molecule has 0 heterocycles. The zero-order valence-corrected chi connectivity index (χ0v) is 12.6. The van der Waals surface area contributed by atoms with Crippen LogP contribution >= 0.6 is 22.6 Å². The molecule has 0 atom stereocenters. The minimum Gasteiger partial charge on any atom is -0.461 e. The summed E-state index contributed by atoms with van der Waals surface area (Å²) in [5.74, 6) is -0.300. The van der Waals surface area contributed by atoms with Gasteiger partial charge in [-0.05, 0) is 53.4 Å². The highest BCUT2D eigenvalue weighted by Crippen LogP contribution is 2.07. The Morgan fingerprint density at radius 2 is 2.00 bits per heavy atom. The summed E-state index contributed by atoms with van der Waals surface area (Å²) in [7, 11) is 0. The Hall–Kier alpha value is -0.660. The van der Waals surface area contributed by atoms with E-state index in [9.17, 15) is 4.79 Å². The van der Waals surface area contributed by atoms with Crippen molar-refractivity contribution >= 4 is 28.6 Å². The maximum Gasteiger partial charge on any atom is 0.338 e. The van der Waals surface area contributed by atoms with Crippen LogP contribution in [0.5, 0.6) is 0 Å². The summed E-state index contributed by atoms with van der Waals surface area (Å²) in [6, 6.07) is 7.27. The smallest absolute Gasteiger partial charge is 0.338 e. The molecule has 18 heavy (non-hydrogen) atoms. The van der Waals surface area contributed by atoms with Gasteiger partial charge in [-0.2, -0.15) is 0 Å². The maximum atomic E-state index is 11.7. The molecule has 0 unspecified atom stereocenters. The molecule has 1 N–H and O–H groups in total. The quantitative estimate of drug-likeness (QED) is 0.593. The Balaban J connectivity index is 2.35. The van der Waals surface area contributed by atoms with E-state index in [1.807, 2.05) is 24.0 Å². The zero-order chi connectivity index (χ0) is 13.4. The van der Waals surface area contributed by atoms with Gasteiger partial charge in [-0.1, -0.05) is 6.92 Å². The number of carbonyl (C=O) groups excluding carboxylic acids is 1. The molecule has 0 aliphatic carbocycles. The molecule has 5 heteroatoms. The average molecular weight is 363 g/mol.